The van der Waals surface area contributed by atoms with Crippen LogP contribution in [-0.2, 0) is 6.42 Å². The van der Waals surface area contributed by atoms with Crippen LogP contribution in [0.5, 0.6) is 0 Å². The molecule has 2 nitrogen and oxygen atoms in total. The van der Waals surface area contributed by atoms with Crippen LogP contribution in [0.15, 0.2) is 22.9 Å². The highest BCUT2D eigenvalue weighted by molar-refractivity contribution is 9.10. The Morgan fingerprint density at radius 3 is 2.85 bits per heavy atom. The minimum absolute atomic E-state index is 0.901. The molecular weight excluding hydrogens is 228 g/mol. The molecule has 1 N–H and O–H groups in total. The van der Waals surface area contributed by atoms with E-state index in [9.17, 15) is 0 Å². The second kappa shape index (κ2) is 6.11. The van der Waals surface area contributed by atoms with Crippen molar-refractivity contribution < 1.29 is 0 Å². The third-order valence-electron chi connectivity index (χ3n) is 1.81. The Kier molecular flexibility index (Phi) is 5.01. The lowest BCUT2D eigenvalue weighted by molar-refractivity contribution is 0.670. The van der Waals surface area contributed by atoms with Crippen molar-refractivity contribution in [3.8, 4) is 0 Å². The Labute approximate surface area is 87.9 Å². The van der Waals surface area contributed by atoms with Gasteiger partial charge >= 0.3 is 0 Å². The molecule has 0 unspecified atom stereocenters. The highest BCUT2D eigenvalue weighted by atomic mass is 79.9. The lowest BCUT2D eigenvalue weighted by Crippen LogP contribution is -2.17. The second-order valence-corrected chi connectivity index (χ2v) is 3.80. The van der Waals surface area contributed by atoms with Gasteiger partial charge in [0, 0.05) is 6.20 Å². The highest BCUT2D eigenvalue weighted by Gasteiger charge is 1.93. The number of aromatic nitrogens is 1. The topological polar surface area (TPSA) is 24.9 Å². The molecule has 0 aliphatic rings. The highest BCUT2D eigenvalue weighted by Crippen LogP contribution is 2.06. The van der Waals surface area contributed by atoms with Crippen LogP contribution >= 0.6 is 15.9 Å². The maximum absolute atomic E-state index is 4.17. The minimum Gasteiger partial charge on any atom is -0.316 e. The van der Waals surface area contributed by atoms with Gasteiger partial charge < -0.3 is 5.32 Å². The van der Waals surface area contributed by atoms with Crippen LogP contribution in [-0.4, -0.2) is 18.1 Å². The maximum Gasteiger partial charge on any atom is 0.106 e. The summed E-state index contributed by atoms with van der Waals surface area (Å²) in [5, 5.41) is 3.36. The molecule has 0 saturated heterocycles. The van der Waals surface area contributed by atoms with Crippen molar-refractivity contribution in [2.45, 2.75) is 19.8 Å². The zero-order valence-corrected chi connectivity index (χ0v) is 9.47. The number of pyridine rings is 1. The van der Waals surface area contributed by atoms with E-state index in [0.717, 1.165) is 24.1 Å². The molecule has 1 aromatic rings. The molecule has 0 atom stereocenters. The third kappa shape index (κ3) is 4.39. The first-order valence-corrected chi connectivity index (χ1v) is 5.43. The standard InChI is InChI=1S/C10H15BrN2/c1-2-6-12-7-5-9-3-4-10(11)13-8-9/h3-4,8,12H,2,5-7H2,1H3. The van der Waals surface area contributed by atoms with Gasteiger partial charge in [0.15, 0.2) is 0 Å². The van der Waals surface area contributed by atoms with Crippen molar-refractivity contribution in [3.05, 3.63) is 28.5 Å². The molecule has 0 aromatic carbocycles. The SMILES string of the molecule is CCCNCCc1ccc(Br)nc1. The molecule has 0 radical (unpaired) electrons. The Bertz CT molecular complexity index is 233. The molecule has 0 amide bonds. The molecule has 1 heterocycles. The molecule has 1 rings (SSSR count). The summed E-state index contributed by atoms with van der Waals surface area (Å²) in [7, 11) is 0. The fourth-order valence-corrected chi connectivity index (χ4v) is 1.32. The van der Waals surface area contributed by atoms with Crippen molar-refractivity contribution in [1.82, 2.24) is 10.3 Å². The van der Waals surface area contributed by atoms with E-state index >= 15 is 0 Å². The predicted octanol–water partition coefficient (Wildman–Crippen LogP) is 2.39. The molecule has 0 saturated carbocycles. The molecular formula is C10H15BrN2. The fourth-order valence-electron chi connectivity index (χ4n) is 1.09. The van der Waals surface area contributed by atoms with E-state index in [4.69, 9.17) is 0 Å². The van der Waals surface area contributed by atoms with Gasteiger partial charge in [-0.2, -0.15) is 0 Å². The lowest BCUT2D eigenvalue weighted by Gasteiger charge is -2.02. The molecule has 0 aliphatic heterocycles. The van der Waals surface area contributed by atoms with E-state index in [2.05, 4.69) is 39.2 Å². The number of nitrogens with zero attached hydrogens (tertiary/aromatic N) is 1. The molecule has 1 aromatic heterocycles. The first kappa shape index (κ1) is 10.7. The van der Waals surface area contributed by atoms with Crippen LogP contribution in [0.4, 0.5) is 0 Å². The van der Waals surface area contributed by atoms with Crippen LogP contribution in [0.3, 0.4) is 0 Å². The monoisotopic (exact) mass is 242 g/mol. The second-order valence-electron chi connectivity index (χ2n) is 2.99. The molecule has 0 aliphatic carbocycles. The van der Waals surface area contributed by atoms with Gasteiger partial charge in [-0.05, 0) is 53.5 Å². The van der Waals surface area contributed by atoms with Crippen LogP contribution < -0.4 is 5.32 Å². The van der Waals surface area contributed by atoms with Gasteiger partial charge in [-0.1, -0.05) is 13.0 Å². The van der Waals surface area contributed by atoms with Gasteiger partial charge in [0.25, 0.3) is 0 Å². The van der Waals surface area contributed by atoms with E-state index in [1.165, 1.54) is 12.0 Å². The normalized spacial score (nSPS) is 10.3. The summed E-state index contributed by atoms with van der Waals surface area (Å²) in [5.41, 5.74) is 1.28. The van der Waals surface area contributed by atoms with Gasteiger partial charge in [0.05, 0.1) is 0 Å². The van der Waals surface area contributed by atoms with Crippen molar-refractivity contribution in [2.75, 3.05) is 13.1 Å². The average molecular weight is 243 g/mol. The van der Waals surface area contributed by atoms with E-state index in [-0.39, 0.29) is 0 Å². The van der Waals surface area contributed by atoms with E-state index in [1.54, 1.807) is 0 Å². The largest absolute Gasteiger partial charge is 0.316 e. The molecule has 0 spiro atoms. The molecule has 0 bridgehead atoms. The van der Waals surface area contributed by atoms with Crippen LogP contribution in [0.25, 0.3) is 0 Å². The van der Waals surface area contributed by atoms with Gasteiger partial charge in [0.1, 0.15) is 4.60 Å². The Balaban J connectivity index is 2.25. The molecule has 13 heavy (non-hydrogen) atoms. The Morgan fingerprint density at radius 1 is 1.38 bits per heavy atom. The van der Waals surface area contributed by atoms with Crippen molar-refractivity contribution in [2.24, 2.45) is 0 Å². The predicted molar refractivity (Wildman–Crippen MR) is 58.8 cm³/mol. The van der Waals surface area contributed by atoms with E-state index in [0.29, 0.717) is 0 Å². The molecule has 0 fully saturated rings. The van der Waals surface area contributed by atoms with Crippen LogP contribution in [0.2, 0.25) is 0 Å². The van der Waals surface area contributed by atoms with Gasteiger partial charge in [0.2, 0.25) is 0 Å². The summed E-state index contributed by atoms with van der Waals surface area (Å²) in [6.45, 7) is 4.31. The number of rotatable bonds is 5. The summed E-state index contributed by atoms with van der Waals surface area (Å²) >= 11 is 3.31. The Hall–Kier alpha value is -0.410. The van der Waals surface area contributed by atoms with Crippen LogP contribution in [0, 0.1) is 0 Å². The lowest BCUT2D eigenvalue weighted by atomic mass is 10.2. The summed E-state index contributed by atoms with van der Waals surface area (Å²) in [6.07, 6.45) is 4.16. The average Bonchev–Trinajstić information content (AvgIpc) is 2.15. The minimum atomic E-state index is 0.901. The first-order valence-electron chi connectivity index (χ1n) is 4.64. The van der Waals surface area contributed by atoms with Gasteiger partial charge in [-0.15, -0.1) is 0 Å². The zero-order chi connectivity index (χ0) is 9.52. The molecule has 3 heteroatoms. The van der Waals surface area contributed by atoms with Crippen LogP contribution in [0.1, 0.15) is 18.9 Å². The molecule has 72 valence electrons. The van der Waals surface area contributed by atoms with Crippen molar-refractivity contribution >= 4 is 15.9 Å². The summed E-state index contributed by atoms with van der Waals surface area (Å²) in [5.74, 6) is 0. The van der Waals surface area contributed by atoms with E-state index < -0.39 is 0 Å². The number of nitrogens with one attached hydrogen (secondary N) is 1. The van der Waals surface area contributed by atoms with Crippen molar-refractivity contribution in [1.29, 1.82) is 0 Å². The van der Waals surface area contributed by atoms with Gasteiger partial charge in [-0.3, -0.25) is 0 Å². The summed E-state index contributed by atoms with van der Waals surface area (Å²) in [4.78, 5) is 4.17. The number of hydrogen-bond acceptors (Lipinski definition) is 2. The Morgan fingerprint density at radius 2 is 2.23 bits per heavy atom. The van der Waals surface area contributed by atoms with E-state index in [1.807, 2.05) is 12.3 Å². The zero-order valence-electron chi connectivity index (χ0n) is 7.89. The number of hydrogen-bond donors (Lipinski definition) is 1. The first-order chi connectivity index (χ1) is 6.33. The maximum atomic E-state index is 4.17. The summed E-state index contributed by atoms with van der Waals surface area (Å²) in [6, 6.07) is 4.08. The quantitative estimate of drug-likeness (QED) is 0.634. The smallest absolute Gasteiger partial charge is 0.106 e. The van der Waals surface area contributed by atoms with Gasteiger partial charge in [-0.25, -0.2) is 4.98 Å². The number of halogens is 1. The summed E-state index contributed by atoms with van der Waals surface area (Å²) < 4.78 is 0.901. The third-order valence-corrected chi connectivity index (χ3v) is 2.27. The van der Waals surface area contributed by atoms with Crippen molar-refractivity contribution in [3.63, 3.8) is 0 Å². The fraction of sp³-hybridized carbons (Fsp3) is 0.500.